The van der Waals surface area contributed by atoms with Gasteiger partial charge in [-0.3, -0.25) is 4.79 Å². The van der Waals surface area contributed by atoms with Crippen LogP contribution in [0.2, 0.25) is 0 Å². The minimum atomic E-state index is -1.01. The van der Waals surface area contributed by atoms with E-state index in [0.29, 0.717) is 12.0 Å². The molecule has 0 aromatic heterocycles. The zero-order chi connectivity index (χ0) is 19.1. The Balaban J connectivity index is 1.97. The number of benzene rings is 2. The SMILES string of the molecule is N#Cc1ccc(C[C@H](C[C@H](O)[C@@H](N)Cc2ccc(F)cc2)C(=O)O)cc1. The smallest absolute Gasteiger partial charge is 0.306 e. The standard InChI is InChI=1S/C20H21FN2O3/c21-17-7-5-14(6-8-17)10-18(23)19(24)11-16(20(25)26)9-13-1-3-15(12-22)4-2-13/h1-8,16,18-19,24H,9-11,23H2,(H,25,26)/t16-,18+,19+/m1/s1. The first-order chi connectivity index (χ1) is 12.4. The molecule has 2 aromatic carbocycles. The highest BCUT2D eigenvalue weighted by molar-refractivity contribution is 5.70. The fraction of sp³-hybridized carbons (Fsp3) is 0.300. The van der Waals surface area contributed by atoms with Crippen LogP contribution in [0.4, 0.5) is 4.39 Å². The molecule has 5 nitrogen and oxygen atoms in total. The molecule has 0 saturated carbocycles. The van der Waals surface area contributed by atoms with Crippen LogP contribution >= 0.6 is 0 Å². The van der Waals surface area contributed by atoms with Crippen LogP contribution in [0.5, 0.6) is 0 Å². The van der Waals surface area contributed by atoms with Crippen LogP contribution in [-0.4, -0.2) is 28.3 Å². The van der Waals surface area contributed by atoms with Gasteiger partial charge in [-0.25, -0.2) is 4.39 Å². The van der Waals surface area contributed by atoms with Gasteiger partial charge in [-0.1, -0.05) is 24.3 Å². The number of nitriles is 1. The summed E-state index contributed by atoms with van der Waals surface area (Å²) in [6.07, 6.45) is -0.427. The van der Waals surface area contributed by atoms with Crippen LogP contribution in [0.25, 0.3) is 0 Å². The summed E-state index contributed by atoms with van der Waals surface area (Å²) < 4.78 is 12.9. The summed E-state index contributed by atoms with van der Waals surface area (Å²) in [6.45, 7) is 0. The highest BCUT2D eigenvalue weighted by Crippen LogP contribution is 2.18. The molecule has 0 amide bonds. The Morgan fingerprint density at radius 2 is 1.62 bits per heavy atom. The average molecular weight is 356 g/mol. The number of aliphatic carboxylic acids is 1. The molecule has 3 atom stereocenters. The zero-order valence-corrected chi connectivity index (χ0v) is 14.2. The molecule has 0 saturated heterocycles. The number of hydrogen-bond acceptors (Lipinski definition) is 4. The number of nitrogens with two attached hydrogens (primary N) is 1. The van der Waals surface area contributed by atoms with Gasteiger partial charge in [-0.05, 0) is 54.7 Å². The molecule has 6 heteroatoms. The molecule has 0 fully saturated rings. The van der Waals surface area contributed by atoms with Crippen molar-refractivity contribution in [1.82, 2.24) is 0 Å². The molecular weight excluding hydrogens is 335 g/mol. The quantitative estimate of drug-likeness (QED) is 0.672. The van der Waals surface area contributed by atoms with E-state index in [0.717, 1.165) is 11.1 Å². The predicted octanol–water partition coefficient (Wildman–Crippen LogP) is 2.26. The first-order valence-electron chi connectivity index (χ1n) is 8.29. The monoisotopic (exact) mass is 356 g/mol. The number of halogens is 1. The third-order valence-electron chi connectivity index (χ3n) is 4.32. The lowest BCUT2D eigenvalue weighted by Crippen LogP contribution is -2.39. The predicted molar refractivity (Wildman–Crippen MR) is 94.7 cm³/mol. The number of nitrogens with zero attached hydrogens (tertiary/aromatic N) is 1. The van der Waals surface area contributed by atoms with Crippen LogP contribution in [0.3, 0.4) is 0 Å². The van der Waals surface area contributed by atoms with Gasteiger partial charge in [0.2, 0.25) is 0 Å². The van der Waals surface area contributed by atoms with Crippen molar-refractivity contribution in [2.75, 3.05) is 0 Å². The van der Waals surface area contributed by atoms with E-state index in [2.05, 4.69) is 0 Å². The number of carboxylic acid groups (broad SMARTS) is 1. The van der Waals surface area contributed by atoms with Gasteiger partial charge in [0.15, 0.2) is 0 Å². The largest absolute Gasteiger partial charge is 0.481 e. The molecule has 0 heterocycles. The van der Waals surface area contributed by atoms with E-state index in [1.54, 1.807) is 36.4 Å². The molecule has 0 aliphatic rings. The Kier molecular flexibility index (Phi) is 6.84. The van der Waals surface area contributed by atoms with Crippen molar-refractivity contribution in [3.63, 3.8) is 0 Å². The maximum absolute atomic E-state index is 12.9. The van der Waals surface area contributed by atoms with Crippen molar-refractivity contribution in [1.29, 1.82) is 5.26 Å². The number of carbonyl (C=O) groups is 1. The number of hydrogen-bond donors (Lipinski definition) is 3. The summed E-state index contributed by atoms with van der Waals surface area (Å²) in [4.78, 5) is 11.5. The Morgan fingerprint density at radius 1 is 1.08 bits per heavy atom. The molecular formula is C20H21FN2O3. The number of carboxylic acids is 1. The molecule has 0 aliphatic carbocycles. The zero-order valence-electron chi connectivity index (χ0n) is 14.2. The van der Waals surface area contributed by atoms with Gasteiger partial charge >= 0.3 is 5.97 Å². The molecule has 4 N–H and O–H groups in total. The second-order valence-electron chi connectivity index (χ2n) is 6.35. The van der Waals surface area contributed by atoms with Crippen molar-refractivity contribution >= 4 is 5.97 Å². The van der Waals surface area contributed by atoms with Gasteiger partial charge in [0.25, 0.3) is 0 Å². The lowest BCUT2D eigenvalue weighted by Gasteiger charge is -2.22. The molecule has 26 heavy (non-hydrogen) atoms. The summed E-state index contributed by atoms with van der Waals surface area (Å²) in [6, 6.07) is 13.9. The van der Waals surface area contributed by atoms with Gasteiger partial charge in [-0.15, -0.1) is 0 Å². The van der Waals surface area contributed by atoms with Gasteiger partial charge in [0, 0.05) is 6.04 Å². The van der Waals surface area contributed by atoms with Gasteiger partial charge < -0.3 is 15.9 Å². The summed E-state index contributed by atoms with van der Waals surface area (Å²) in [5.41, 5.74) is 8.04. The molecule has 2 aromatic rings. The Morgan fingerprint density at radius 3 is 2.15 bits per heavy atom. The third-order valence-corrected chi connectivity index (χ3v) is 4.32. The van der Waals surface area contributed by atoms with E-state index < -0.39 is 24.0 Å². The van der Waals surface area contributed by atoms with Crippen LogP contribution in [0, 0.1) is 23.1 Å². The van der Waals surface area contributed by atoms with E-state index >= 15 is 0 Å². The maximum Gasteiger partial charge on any atom is 0.306 e. The number of aliphatic hydroxyl groups excluding tert-OH is 1. The van der Waals surface area contributed by atoms with Crippen molar-refractivity contribution in [2.24, 2.45) is 11.7 Å². The van der Waals surface area contributed by atoms with Crippen LogP contribution in [0.1, 0.15) is 23.1 Å². The first kappa shape index (κ1) is 19.6. The number of aliphatic hydroxyl groups is 1. The Labute approximate surface area is 151 Å². The van der Waals surface area contributed by atoms with Crippen LogP contribution in [-0.2, 0) is 17.6 Å². The van der Waals surface area contributed by atoms with Crippen LogP contribution in [0.15, 0.2) is 48.5 Å². The van der Waals surface area contributed by atoms with Gasteiger partial charge in [0.1, 0.15) is 5.82 Å². The highest BCUT2D eigenvalue weighted by atomic mass is 19.1. The maximum atomic E-state index is 12.9. The Bertz CT molecular complexity index is 769. The third kappa shape index (κ3) is 5.66. The first-order valence-corrected chi connectivity index (χ1v) is 8.29. The normalized spacial score (nSPS) is 14.2. The summed E-state index contributed by atoms with van der Waals surface area (Å²) in [5, 5.41) is 28.6. The van der Waals surface area contributed by atoms with Crippen molar-refractivity contribution in [2.45, 2.75) is 31.4 Å². The average Bonchev–Trinajstić information content (AvgIpc) is 2.63. The Hall–Kier alpha value is -2.75. The van der Waals surface area contributed by atoms with Crippen molar-refractivity contribution in [3.8, 4) is 6.07 Å². The van der Waals surface area contributed by atoms with Gasteiger partial charge in [0.05, 0.1) is 23.7 Å². The minimum absolute atomic E-state index is 0.0116. The summed E-state index contributed by atoms with van der Waals surface area (Å²) in [7, 11) is 0. The van der Waals surface area contributed by atoms with Crippen molar-refractivity contribution < 1.29 is 19.4 Å². The van der Waals surface area contributed by atoms with E-state index in [-0.39, 0.29) is 18.7 Å². The summed E-state index contributed by atoms with van der Waals surface area (Å²) >= 11 is 0. The molecule has 0 unspecified atom stereocenters. The second kappa shape index (κ2) is 9.09. The van der Waals surface area contributed by atoms with Gasteiger partial charge in [-0.2, -0.15) is 5.26 Å². The minimum Gasteiger partial charge on any atom is -0.481 e. The fourth-order valence-corrected chi connectivity index (χ4v) is 2.77. The van der Waals surface area contributed by atoms with E-state index in [4.69, 9.17) is 11.0 Å². The fourth-order valence-electron chi connectivity index (χ4n) is 2.77. The molecule has 0 radical (unpaired) electrons. The molecule has 0 spiro atoms. The lowest BCUT2D eigenvalue weighted by molar-refractivity contribution is -0.142. The molecule has 0 bridgehead atoms. The second-order valence-corrected chi connectivity index (χ2v) is 6.35. The highest BCUT2D eigenvalue weighted by Gasteiger charge is 2.25. The van der Waals surface area contributed by atoms with E-state index in [1.165, 1.54) is 12.1 Å². The van der Waals surface area contributed by atoms with Crippen LogP contribution < -0.4 is 5.73 Å². The molecule has 2 rings (SSSR count). The summed E-state index contributed by atoms with van der Waals surface area (Å²) in [5.74, 6) is -2.16. The van der Waals surface area contributed by atoms with Crippen molar-refractivity contribution in [3.05, 3.63) is 71.0 Å². The number of rotatable bonds is 8. The lowest BCUT2D eigenvalue weighted by atomic mass is 9.89. The topological polar surface area (TPSA) is 107 Å². The molecule has 136 valence electrons. The van der Waals surface area contributed by atoms with E-state index in [9.17, 15) is 19.4 Å². The van der Waals surface area contributed by atoms with E-state index in [1.807, 2.05) is 6.07 Å². The molecule has 0 aliphatic heterocycles.